The van der Waals surface area contributed by atoms with Gasteiger partial charge in [0.05, 0.1) is 6.10 Å². The normalized spacial score (nSPS) is 12.4. The van der Waals surface area contributed by atoms with Crippen LogP contribution in [0.1, 0.15) is 30.6 Å². The van der Waals surface area contributed by atoms with E-state index in [1.54, 1.807) is 11.3 Å². The summed E-state index contributed by atoms with van der Waals surface area (Å²) in [5.41, 5.74) is 3.43. The lowest BCUT2D eigenvalue weighted by atomic mass is 10.0. The van der Waals surface area contributed by atoms with Crippen molar-refractivity contribution < 1.29 is 5.11 Å². The molecule has 1 atom stereocenters. The Morgan fingerprint density at radius 2 is 2.06 bits per heavy atom. The number of rotatable bonds is 5. The van der Waals surface area contributed by atoms with Gasteiger partial charge >= 0.3 is 0 Å². The summed E-state index contributed by atoms with van der Waals surface area (Å²) in [6.07, 6.45) is 0.356. The van der Waals surface area contributed by atoms with Gasteiger partial charge in [0.15, 0.2) is 0 Å². The standard InChI is InChI=1S/C15H19NOS/c1-3-15(17)13-6-4-5-7-14(13)16(2)10-12-8-9-18-11-12/h4-9,11,15,17H,3,10H2,1-2H3/t15-/m1/s1. The number of aliphatic hydroxyl groups is 1. The Morgan fingerprint density at radius 3 is 2.72 bits per heavy atom. The Bertz CT molecular complexity index is 481. The van der Waals surface area contributed by atoms with Gasteiger partial charge in [0.1, 0.15) is 0 Å². The zero-order chi connectivity index (χ0) is 13.0. The molecule has 96 valence electrons. The van der Waals surface area contributed by atoms with Crippen LogP contribution < -0.4 is 4.90 Å². The number of nitrogens with zero attached hydrogens (tertiary/aromatic N) is 1. The van der Waals surface area contributed by atoms with Crippen LogP contribution >= 0.6 is 11.3 Å². The molecule has 0 amide bonds. The van der Waals surface area contributed by atoms with E-state index >= 15 is 0 Å². The molecule has 0 bridgehead atoms. The molecule has 0 aliphatic rings. The van der Waals surface area contributed by atoms with E-state index in [4.69, 9.17) is 0 Å². The van der Waals surface area contributed by atoms with Crippen LogP contribution in [0.3, 0.4) is 0 Å². The molecule has 1 aromatic heterocycles. The third-order valence-electron chi connectivity index (χ3n) is 3.09. The Labute approximate surface area is 113 Å². The fraction of sp³-hybridized carbons (Fsp3) is 0.333. The minimum absolute atomic E-state index is 0.383. The third kappa shape index (κ3) is 2.92. The molecule has 0 unspecified atom stereocenters. The highest BCUT2D eigenvalue weighted by atomic mass is 32.1. The Kier molecular flexibility index (Phi) is 4.39. The number of aliphatic hydroxyl groups excluding tert-OH is 1. The van der Waals surface area contributed by atoms with E-state index in [1.807, 2.05) is 25.1 Å². The first-order valence-electron chi connectivity index (χ1n) is 6.21. The van der Waals surface area contributed by atoms with E-state index in [-0.39, 0.29) is 6.10 Å². The van der Waals surface area contributed by atoms with E-state index in [0.29, 0.717) is 0 Å². The Balaban J connectivity index is 2.21. The summed E-state index contributed by atoms with van der Waals surface area (Å²) in [7, 11) is 2.07. The molecule has 2 rings (SSSR count). The molecular formula is C15H19NOS. The average molecular weight is 261 g/mol. The first-order valence-corrected chi connectivity index (χ1v) is 7.16. The molecule has 0 aliphatic carbocycles. The van der Waals surface area contributed by atoms with Gasteiger partial charge < -0.3 is 10.0 Å². The van der Waals surface area contributed by atoms with Gasteiger partial charge in [-0.15, -0.1) is 0 Å². The van der Waals surface area contributed by atoms with Crippen molar-refractivity contribution in [1.29, 1.82) is 0 Å². The van der Waals surface area contributed by atoms with Gasteiger partial charge in [-0.25, -0.2) is 0 Å². The van der Waals surface area contributed by atoms with Crippen molar-refractivity contribution in [2.45, 2.75) is 26.0 Å². The van der Waals surface area contributed by atoms with Gasteiger partial charge in [-0.2, -0.15) is 11.3 Å². The quantitative estimate of drug-likeness (QED) is 0.884. The minimum Gasteiger partial charge on any atom is -0.388 e. The largest absolute Gasteiger partial charge is 0.388 e. The van der Waals surface area contributed by atoms with Crippen LogP contribution in [0, 0.1) is 0 Å². The van der Waals surface area contributed by atoms with E-state index in [1.165, 1.54) is 5.56 Å². The lowest BCUT2D eigenvalue weighted by molar-refractivity contribution is 0.174. The van der Waals surface area contributed by atoms with Crippen LogP contribution in [0.4, 0.5) is 5.69 Å². The second-order valence-electron chi connectivity index (χ2n) is 4.47. The molecule has 0 saturated carbocycles. The number of thiophene rings is 1. The van der Waals surface area contributed by atoms with Crippen molar-refractivity contribution in [2.75, 3.05) is 11.9 Å². The fourth-order valence-electron chi connectivity index (χ4n) is 2.08. The summed E-state index contributed by atoms with van der Waals surface area (Å²) in [5.74, 6) is 0. The second kappa shape index (κ2) is 6.03. The molecule has 0 saturated heterocycles. The third-order valence-corrected chi connectivity index (χ3v) is 3.83. The van der Waals surface area contributed by atoms with E-state index < -0.39 is 0 Å². The summed E-state index contributed by atoms with van der Waals surface area (Å²) >= 11 is 1.72. The maximum atomic E-state index is 10.1. The minimum atomic E-state index is -0.383. The number of anilines is 1. The molecule has 2 aromatic rings. The molecule has 2 nitrogen and oxygen atoms in total. The Hall–Kier alpha value is -1.32. The van der Waals surface area contributed by atoms with Crippen LogP contribution in [0.5, 0.6) is 0 Å². The summed E-state index contributed by atoms with van der Waals surface area (Å²) in [4.78, 5) is 2.19. The maximum absolute atomic E-state index is 10.1. The molecule has 18 heavy (non-hydrogen) atoms. The van der Waals surface area contributed by atoms with Gasteiger partial charge in [-0.1, -0.05) is 25.1 Å². The monoisotopic (exact) mass is 261 g/mol. The number of hydrogen-bond acceptors (Lipinski definition) is 3. The molecule has 1 heterocycles. The predicted octanol–water partition coefficient (Wildman–Crippen LogP) is 3.83. The van der Waals surface area contributed by atoms with Crippen LogP contribution in [0.15, 0.2) is 41.1 Å². The highest BCUT2D eigenvalue weighted by Gasteiger charge is 2.13. The summed E-state index contributed by atoms with van der Waals surface area (Å²) in [5, 5.41) is 14.3. The lowest BCUT2D eigenvalue weighted by Crippen LogP contribution is -2.18. The van der Waals surface area contributed by atoms with Crippen molar-refractivity contribution >= 4 is 17.0 Å². The lowest BCUT2D eigenvalue weighted by Gasteiger charge is -2.24. The average Bonchev–Trinajstić information content (AvgIpc) is 2.90. The predicted molar refractivity (Wildman–Crippen MR) is 78.1 cm³/mol. The van der Waals surface area contributed by atoms with Gasteiger partial charge in [-0.3, -0.25) is 0 Å². The summed E-state index contributed by atoms with van der Waals surface area (Å²) in [6, 6.07) is 10.2. The first kappa shape index (κ1) is 13.1. The van der Waals surface area contributed by atoms with Crippen molar-refractivity contribution in [3.63, 3.8) is 0 Å². The van der Waals surface area contributed by atoms with Crippen molar-refractivity contribution in [1.82, 2.24) is 0 Å². The number of hydrogen-bond donors (Lipinski definition) is 1. The smallest absolute Gasteiger partial charge is 0.0807 e. The van der Waals surface area contributed by atoms with E-state index in [2.05, 4.69) is 34.8 Å². The van der Waals surface area contributed by atoms with E-state index in [9.17, 15) is 5.11 Å². The van der Waals surface area contributed by atoms with Crippen molar-refractivity contribution in [3.8, 4) is 0 Å². The first-order chi connectivity index (χ1) is 8.72. The molecular weight excluding hydrogens is 242 g/mol. The van der Waals surface area contributed by atoms with E-state index in [0.717, 1.165) is 24.2 Å². The molecule has 3 heteroatoms. The van der Waals surface area contributed by atoms with Gasteiger partial charge in [-0.05, 0) is 34.9 Å². The second-order valence-corrected chi connectivity index (χ2v) is 5.25. The zero-order valence-corrected chi connectivity index (χ0v) is 11.7. The highest BCUT2D eigenvalue weighted by Crippen LogP contribution is 2.28. The molecule has 0 aliphatic heterocycles. The fourth-order valence-corrected chi connectivity index (χ4v) is 2.74. The molecule has 0 spiro atoms. The van der Waals surface area contributed by atoms with Crippen molar-refractivity contribution in [2.24, 2.45) is 0 Å². The molecule has 0 radical (unpaired) electrons. The van der Waals surface area contributed by atoms with Gasteiger partial charge in [0, 0.05) is 24.8 Å². The number of benzene rings is 1. The SMILES string of the molecule is CC[C@@H](O)c1ccccc1N(C)Cc1ccsc1. The summed E-state index contributed by atoms with van der Waals surface area (Å²) < 4.78 is 0. The van der Waals surface area contributed by atoms with Crippen LogP contribution in [0.25, 0.3) is 0 Å². The highest BCUT2D eigenvalue weighted by molar-refractivity contribution is 7.07. The van der Waals surface area contributed by atoms with Crippen LogP contribution in [-0.4, -0.2) is 12.2 Å². The topological polar surface area (TPSA) is 23.5 Å². The van der Waals surface area contributed by atoms with Gasteiger partial charge in [0.25, 0.3) is 0 Å². The van der Waals surface area contributed by atoms with Gasteiger partial charge in [0.2, 0.25) is 0 Å². The Morgan fingerprint density at radius 1 is 1.28 bits per heavy atom. The maximum Gasteiger partial charge on any atom is 0.0807 e. The number of para-hydroxylation sites is 1. The molecule has 1 N–H and O–H groups in total. The summed E-state index contributed by atoms with van der Waals surface area (Å²) in [6.45, 7) is 2.87. The molecule has 1 aromatic carbocycles. The van der Waals surface area contributed by atoms with Crippen LogP contribution in [0.2, 0.25) is 0 Å². The molecule has 0 fully saturated rings. The van der Waals surface area contributed by atoms with Crippen molar-refractivity contribution in [3.05, 3.63) is 52.2 Å². The zero-order valence-electron chi connectivity index (χ0n) is 10.8. The van der Waals surface area contributed by atoms with Crippen LogP contribution in [-0.2, 0) is 6.54 Å².